The van der Waals surface area contributed by atoms with Crippen molar-refractivity contribution in [1.29, 1.82) is 0 Å². The maximum Gasteiger partial charge on any atom is 0.341 e. The Balaban J connectivity index is 2.41. The Hall–Kier alpha value is -2.39. The van der Waals surface area contributed by atoms with Crippen molar-refractivity contribution in [3.8, 4) is 0 Å². The third-order valence-corrected chi connectivity index (χ3v) is 3.12. The Labute approximate surface area is 127 Å². The highest BCUT2D eigenvalue weighted by molar-refractivity contribution is 6.31. The van der Waals surface area contributed by atoms with Crippen LogP contribution in [0.15, 0.2) is 60.2 Å². The van der Waals surface area contributed by atoms with Crippen molar-refractivity contribution in [1.82, 2.24) is 0 Å². The summed E-state index contributed by atoms with van der Waals surface area (Å²) in [6.07, 6.45) is 1.52. The van der Waals surface area contributed by atoms with Gasteiger partial charge in [0.05, 0.1) is 7.11 Å². The molecule has 0 aliphatic carbocycles. The summed E-state index contributed by atoms with van der Waals surface area (Å²) in [5.41, 5.74) is 1.11. The zero-order valence-corrected chi connectivity index (χ0v) is 12.1. The molecule has 0 unspecified atom stereocenters. The third-order valence-electron chi connectivity index (χ3n) is 2.87. The fourth-order valence-corrected chi connectivity index (χ4v) is 1.93. The van der Waals surface area contributed by atoms with Crippen LogP contribution in [0.5, 0.6) is 0 Å². The number of ether oxygens (including phenoxy) is 1. The Morgan fingerprint density at radius 1 is 1.00 bits per heavy atom. The molecule has 0 amide bonds. The monoisotopic (exact) mass is 300 g/mol. The Bertz CT molecular complexity index is 673. The van der Waals surface area contributed by atoms with E-state index in [0.717, 1.165) is 5.56 Å². The van der Waals surface area contributed by atoms with Gasteiger partial charge in [0, 0.05) is 10.6 Å². The van der Waals surface area contributed by atoms with Crippen LogP contribution in [-0.4, -0.2) is 18.9 Å². The number of carbonyl (C=O) groups excluding carboxylic acids is 2. The molecule has 0 radical (unpaired) electrons. The van der Waals surface area contributed by atoms with Gasteiger partial charge in [-0.15, -0.1) is 0 Å². The van der Waals surface area contributed by atoms with E-state index in [-0.39, 0.29) is 5.57 Å². The molecule has 3 nitrogen and oxygen atoms in total. The molecule has 0 N–H and O–H groups in total. The zero-order valence-electron chi connectivity index (χ0n) is 11.4. The van der Waals surface area contributed by atoms with E-state index in [1.807, 2.05) is 18.2 Å². The van der Waals surface area contributed by atoms with Gasteiger partial charge in [-0.3, -0.25) is 4.79 Å². The average Bonchev–Trinajstić information content (AvgIpc) is 2.53. The van der Waals surface area contributed by atoms with Crippen LogP contribution in [0.1, 0.15) is 15.9 Å². The molecule has 2 rings (SSSR count). The molecule has 106 valence electrons. The van der Waals surface area contributed by atoms with Gasteiger partial charge in [0.15, 0.2) is 5.78 Å². The van der Waals surface area contributed by atoms with Crippen LogP contribution in [0.3, 0.4) is 0 Å². The number of halogens is 1. The second-order valence-corrected chi connectivity index (χ2v) is 4.73. The predicted molar refractivity (Wildman–Crippen MR) is 82.2 cm³/mol. The van der Waals surface area contributed by atoms with Gasteiger partial charge in [0.25, 0.3) is 0 Å². The van der Waals surface area contributed by atoms with E-state index in [4.69, 9.17) is 16.3 Å². The summed E-state index contributed by atoms with van der Waals surface area (Å²) in [5.74, 6) is -1.07. The summed E-state index contributed by atoms with van der Waals surface area (Å²) in [6.45, 7) is 0. The highest BCUT2D eigenvalue weighted by Gasteiger charge is 2.20. The van der Waals surface area contributed by atoms with Crippen LogP contribution >= 0.6 is 11.6 Å². The minimum absolute atomic E-state index is 0.0222. The summed E-state index contributed by atoms with van der Waals surface area (Å²) in [4.78, 5) is 24.3. The highest BCUT2D eigenvalue weighted by Crippen LogP contribution is 2.16. The number of esters is 1. The van der Waals surface area contributed by atoms with Crippen molar-refractivity contribution >= 4 is 29.4 Å². The average molecular weight is 301 g/mol. The lowest BCUT2D eigenvalue weighted by Crippen LogP contribution is -2.14. The summed E-state index contributed by atoms with van der Waals surface area (Å²) >= 11 is 5.80. The molecule has 0 aliphatic heterocycles. The number of ketones is 1. The van der Waals surface area contributed by atoms with Crippen molar-refractivity contribution in [2.45, 2.75) is 0 Å². The van der Waals surface area contributed by atoms with E-state index in [9.17, 15) is 9.59 Å². The first kappa shape index (κ1) is 15.0. The van der Waals surface area contributed by atoms with Gasteiger partial charge in [0.2, 0.25) is 0 Å². The fraction of sp³-hybridized carbons (Fsp3) is 0.0588. The normalized spacial score (nSPS) is 11.0. The molecule has 4 heteroatoms. The summed E-state index contributed by atoms with van der Waals surface area (Å²) in [5, 5.41) is 0.526. The molecule has 2 aromatic rings. The first-order chi connectivity index (χ1) is 10.1. The molecule has 2 aromatic carbocycles. The van der Waals surface area contributed by atoms with Crippen molar-refractivity contribution < 1.29 is 14.3 Å². The number of carbonyl (C=O) groups is 2. The summed E-state index contributed by atoms with van der Waals surface area (Å²) in [6, 6.07) is 15.5. The van der Waals surface area contributed by atoms with E-state index in [2.05, 4.69) is 0 Å². The molecule has 0 fully saturated rings. The van der Waals surface area contributed by atoms with Crippen molar-refractivity contribution in [2.75, 3.05) is 7.11 Å². The van der Waals surface area contributed by atoms with Crippen LogP contribution in [0, 0.1) is 0 Å². The number of methoxy groups -OCH3 is 1. The number of rotatable bonds is 4. The molecule has 0 saturated carbocycles. The molecule has 0 saturated heterocycles. The van der Waals surface area contributed by atoms with Crippen LogP contribution in [0.25, 0.3) is 6.08 Å². The largest absolute Gasteiger partial charge is 0.465 e. The number of hydrogen-bond donors (Lipinski definition) is 0. The van der Waals surface area contributed by atoms with Gasteiger partial charge in [-0.2, -0.15) is 0 Å². The SMILES string of the molecule is COC(=O)/C(=C\c1ccccc1)C(=O)c1ccc(Cl)cc1. The first-order valence-electron chi connectivity index (χ1n) is 6.27. The van der Waals surface area contributed by atoms with Gasteiger partial charge in [-0.05, 0) is 35.9 Å². The van der Waals surface area contributed by atoms with Crippen molar-refractivity contribution in [3.05, 3.63) is 76.3 Å². The first-order valence-corrected chi connectivity index (χ1v) is 6.65. The molecule has 0 bridgehead atoms. The predicted octanol–water partition coefficient (Wildman–Crippen LogP) is 3.78. The van der Waals surface area contributed by atoms with E-state index < -0.39 is 11.8 Å². The van der Waals surface area contributed by atoms with Gasteiger partial charge < -0.3 is 4.74 Å². The number of Topliss-reactive ketones (excluding diaryl/α,β-unsaturated/α-hetero) is 1. The third kappa shape index (κ3) is 3.80. The molecule has 0 aromatic heterocycles. The topological polar surface area (TPSA) is 43.4 Å². The second-order valence-electron chi connectivity index (χ2n) is 4.30. The standard InChI is InChI=1S/C17H13ClO3/c1-21-17(20)15(11-12-5-3-2-4-6-12)16(19)13-7-9-14(18)10-8-13/h2-11H,1H3/b15-11-. The highest BCUT2D eigenvalue weighted by atomic mass is 35.5. The maximum absolute atomic E-state index is 12.4. The summed E-state index contributed by atoms with van der Waals surface area (Å²) < 4.78 is 4.70. The minimum Gasteiger partial charge on any atom is -0.465 e. The zero-order chi connectivity index (χ0) is 15.2. The molecular weight excluding hydrogens is 288 g/mol. The van der Waals surface area contributed by atoms with E-state index in [0.29, 0.717) is 10.6 Å². The fourth-order valence-electron chi connectivity index (χ4n) is 1.80. The van der Waals surface area contributed by atoms with Gasteiger partial charge in [0.1, 0.15) is 5.57 Å². The molecule has 0 aliphatic rings. The Morgan fingerprint density at radius 3 is 2.19 bits per heavy atom. The van der Waals surface area contributed by atoms with E-state index in [1.54, 1.807) is 36.4 Å². The van der Waals surface area contributed by atoms with Crippen molar-refractivity contribution in [3.63, 3.8) is 0 Å². The lowest BCUT2D eigenvalue weighted by atomic mass is 10.0. The smallest absolute Gasteiger partial charge is 0.341 e. The van der Waals surface area contributed by atoms with Gasteiger partial charge in [-0.1, -0.05) is 41.9 Å². The molecular formula is C17H13ClO3. The number of hydrogen-bond acceptors (Lipinski definition) is 3. The lowest BCUT2D eigenvalue weighted by Gasteiger charge is -2.05. The van der Waals surface area contributed by atoms with E-state index in [1.165, 1.54) is 13.2 Å². The number of benzene rings is 2. The molecule has 21 heavy (non-hydrogen) atoms. The molecule has 0 atom stereocenters. The minimum atomic E-state index is -0.668. The summed E-state index contributed by atoms with van der Waals surface area (Å²) in [7, 11) is 1.25. The van der Waals surface area contributed by atoms with Crippen LogP contribution in [0.2, 0.25) is 5.02 Å². The van der Waals surface area contributed by atoms with Crippen LogP contribution in [-0.2, 0) is 9.53 Å². The van der Waals surface area contributed by atoms with Gasteiger partial charge >= 0.3 is 5.97 Å². The second kappa shape index (κ2) is 6.86. The van der Waals surface area contributed by atoms with Crippen LogP contribution in [0.4, 0.5) is 0 Å². The molecule has 0 heterocycles. The van der Waals surface area contributed by atoms with E-state index >= 15 is 0 Å². The maximum atomic E-state index is 12.4. The van der Waals surface area contributed by atoms with Crippen LogP contribution < -0.4 is 0 Å². The molecule has 0 spiro atoms. The Morgan fingerprint density at radius 2 is 1.62 bits per heavy atom. The van der Waals surface area contributed by atoms with Gasteiger partial charge in [-0.25, -0.2) is 4.79 Å². The quantitative estimate of drug-likeness (QED) is 0.284. The lowest BCUT2D eigenvalue weighted by molar-refractivity contribution is -0.135. The Kier molecular flexibility index (Phi) is 4.90. The van der Waals surface area contributed by atoms with Crippen molar-refractivity contribution in [2.24, 2.45) is 0 Å².